The third-order valence-electron chi connectivity index (χ3n) is 3.35. The summed E-state index contributed by atoms with van der Waals surface area (Å²) in [6.07, 6.45) is 4.53. The zero-order chi connectivity index (χ0) is 17.2. The number of nitrogens with zero attached hydrogens (tertiary/aromatic N) is 2. The van der Waals surface area contributed by atoms with Crippen LogP contribution in [-0.4, -0.2) is 5.97 Å². The Labute approximate surface area is 141 Å². The van der Waals surface area contributed by atoms with Gasteiger partial charge in [0.1, 0.15) is 18.7 Å². The number of esters is 1. The van der Waals surface area contributed by atoms with Gasteiger partial charge in [-0.2, -0.15) is 10.5 Å². The summed E-state index contributed by atoms with van der Waals surface area (Å²) in [5.41, 5.74) is 2.49. The summed E-state index contributed by atoms with van der Waals surface area (Å²) < 4.78 is 5.20. The van der Waals surface area contributed by atoms with Gasteiger partial charge in [0.05, 0.1) is 11.1 Å². The summed E-state index contributed by atoms with van der Waals surface area (Å²) >= 11 is 0. The predicted molar refractivity (Wildman–Crippen MR) is 90.4 cm³/mol. The minimum Gasteiger partial charge on any atom is -0.461 e. The van der Waals surface area contributed by atoms with Crippen molar-refractivity contribution in [1.29, 1.82) is 10.5 Å². The van der Waals surface area contributed by atoms with E-state index in [1.807, 2.05) is 54.6 Å². The number of nitriles is 2. The highest BCUT2D eigenvalue weighted by atomic mass is 16.5. The first kappa shape index (κ1) is 17.0. The van der Waals surface area contributed by atoms with Crippen LogP contribution in [0.25, 0.3) is 6.08 Å². The molecule has 24 heavy (non-hydrogen) atoms. The van der Waals surface area contributed by atoms with E-state index in [9.17, 15) is 4.79 Å². The third kappa shape index (κ3) is 5.12. The molecular weight excluding hydrogens is 300 g/mol. The van der Waals surface area contributed by atoms with Crippen LogP contribution in [0.1, 0.15) is 35.1 Å². The Morgan fingerprint density at radius 1 is 1.04 bits per heavy atom. The maximum absolute atomic E-state index is 11.7. The van der Waals surface area contributed by atoms with Crippen LogP contribution in [0.5, 0.6) is 0 Å². The van der Waals surface area contributed by atoms with E-state index in [1.165, 1.54) is 0 Å². The molecule has 0 spiro atoms. The van der Waals surface area contributed by atoms with Crippen LogP contribution in [0.4, 0.5) is 0 Å². The van der Waals surface area contributed by atoms with Gasteiger partial charge in [-0.25, -0.2) is 0 Å². The summed E-state index contributed by atoms with van der Waals surface area (Å²) in [6.45, 7) is 0.282. The number of ether oxygens (including phenoxy) is 1. The highest BCUT2D eigenvalue weighted by Gasteiger charge is 2.03. The van der Waals surface area contributed by atoms with Gasteiger partial charge in [-0.3, -0.25) is 4.79 Å². The number of allylic oxidation sites excluding steroid dienone is 1. The molecule has 2 rings (SSSR count). The van der Waals surface area contributed by atoms with E-state index < -0.39 is 0 Å². The van der Waals surface area contributed by atoms with Crippen LogP contribution in [-0.2, 0) is 16.1 Å². The molecule has 0 saturated carbocycles. The van der Waals surface area contributed by atoms with Crippen molar-refractivity contribution in [1.82, 2.24) is 0 Å². The lowest BCUT2D eigenvalue weighted by molar-refractivity contribution is -0.144. The van der Waals surface area contributed by atoms with Crippen LogP contribution in [0.3, 0.4) is 0 Å². The molecule has 0 aliphatic heterocycles. The van der Waals surface area contributed by atoms with E-state index in [0.29, 0.717) is 24.0 Å². The minimum absolute atomic E-state index is 0.249. The van der Waals surface area contributed by atoms with Gasteiger partial charge in [0.25, 0.3) is 0 Å². The maximum Gasteiger partial charge on any atom is 0.306 e. The van der Waals surface area contributed by atoms with Gasteiger partial charge in [-0.1, -0.05) is 48.6 Å². The van der Waals surface area contributed by atoms with Crippen molar-refractivity contribution in [3.05, 3.63) is 76.9 Å². The fourth-order valence-corrected chi connectivity index (χ4v) is 2.09. The van der Waals surface area contributed by atoms with Crippen LogP contribution in [0, 0.1) is 22.7 Å². The quantitative estimate of drug-likeness (QED) is 0.756. The van der Waals surface area contributed by atoms with Gasteiger partial charge in [0.2, 0.25) is 0 Å². The Bertz CT molecular complexity index is 812. The highest BCUT2D eigenvalue weighted by Crippen LogP contribution is 2.12. The second-order valence-electron chi connectivity index (χ2n) is 5.12. The van der Waals surface area contributed by atoms with E-state index in [2.05, 4.69) is 0 Å². The van der Waals surface area contributed by atoms with Crippen molar-refractivity contribution >= 4 is 12.0 Å². The fraction of sp³-hybridized carbons (Fsp3) is 0.150. The largest absolute Gasteiger partial charge is 0.461 e. The molecule has 0 N–H and O–H groups in total. The lowest BCUT2D eigenvalue weighted by Crippen LogP contribution is -2.03. The molecule has 118 valence electrons. The van der Waals surface area contributed by atoms with Crippen molar-refractivity contribution in [3.63, 3.8) is 0 Å². The van der Waals surface area contributed by atoms with Gasteiger partial charge >= 0.3 is 5.97 Å². The summed E-state index contributed by atoms with van der Waals surface area (Å²) in [4.78, 5) is 11.7. The Kier molecular flexibility index (Phi) is 6.32. The first-order valence-electron chi connectivity index (χ1n) is 7.53. The number of hydrogen-bond acceptors (Lipinski definition) is 4. The Balaban J connectivity index is 1.79. The number of carbonyl (C=O) groups is 1. The molecule has 0 amide bonds. The monoisotopic (exact) mass is 316 g/mol. The number of hydrogen-bond donors (Lipinski definition) is 0. The van der Waals surface area contributed by atoms with Crippen molar-refractivity contribution in [3.8, 4) is 12.1 Å². The molecule has 4 heteroatoms. The lowest BCUT2D eigenvalue weighted by Gasteiger charge is -2.03. The molecule has 4 nitrogen and oxygen atoms in total. The Hall–Kier alpha value is -3.37. The number of carbonyl (C=O) groups excluding carboxylic acids is 1. The Morgan fingerprint density at radius 2 is 1.79 bits per heavy atom. The predicted octanol–water partition coefficient (Wildman–Crippen LogP) is 3.97. The van der Waals surface area contributed by atoms with Gasteiger partial charge in [-0.15, -0.1) is 0 Å². The van der Waals surface area contributed by atoms with Gasteiger partial charge in [0.15, 0.2) is 0 Å². The maximum atomic E-state index is 11.7. The Morgan fingerprint density at radius 3 is 2.50 bits per heavy atom. The van der Waals surface area contributed by atoms with E-state index >= 15 is 0 Å². The van der Waals surface area contributed by atoms with Gasteiger partial charge in [0, 0.05) is 6.42 Å². The molecule has 0 radical (unpaired) electrons. The number of rotatable bonds is 6. The van der Waals surface area contributed by atoms with Crippen molar-refractivity contribution in [2.24, 2.45) is 0 Å². The van der Waals surface area contributed by atoms with Gasteiger partial charge < -0.3 is 4.74 Å². The highest BCUT2D eigenvalue weighted by molar-refractivity contribution is 5.69. The van der Waals surface area contributed by atoms with Crippen molar-refractivity contribution < 1.29 is 9.53 Å². The standard InChI is InChI=1S/C20H16N2O2/c21-13-18-11-10-16(12-19(18)14-22)6-4-5-9-20(23)24-15-17-7-2-1-3-8-17/h1-4,6-8,10-12H,5,9,15H2/b6-4+. The third-order valence-corrected chi connectivity index (χ3v) is 3.35. The molecule has 0 saturated heterocycles. The second kappa shape index (κ2) is 8.92. The zero-order valence-electron chi connectivity index (χ0n) is 13.1. The van der Waals surface area contributed by atoms with E-state index in [0.717, 1.165) is 11.1 Å². The second-order valence-corrected chi connectivity index (χ2v) is 5.12. The smallest absolute Gasteiger partial charge is 0.306 e. The topological polar surface area (TPSA) is 73.9 Å². The SMILES string of the molecule is N#Cc1ccc(/C=C/CCC(=O)OCc2ccccc2)cc1C#N. The summed E-state index contributed by atoms with van der Waals surface area (Å²) in [6, 6.07) is 18.5. The molecule has 0 aliphatic rings. The molecule has 0 aromatic heterocycles. The lowest BCUT2D eigenvalue weighted by atomic mass is 10.1. The van der Waals surface area contributed by atoms with Crippen LogP contribution in [0.15, 0.2) is 54.6 Å². The van der Waals surface area contributed by atoms with Crippen LogP contribution >= 0.6 is 0 Å². The first-order chi connectivity index (χ1) is 11.7. The molecular formula is C20H16N2O2. The minimum atomic E-state index is -0.249. The zero-order valence-corrected chi connectivity index (χ0v) is 13.1. The van der Waals surface area contributed by atoms with Crippen LogP contribution in [0.2, 0.25) is 0 Å². The van der Waals surface area contributed by atoms with Crippen molar-refractivity contribution in [2.75, 3.05) is 0 Å². The normalized spacial score (nSPS) is 10.1. The average Bonchev–Trinajstić information content (AvgIpc) is 2.64. The molecule has 0 unspecified atom stereocenters. The van der Waals surface area contributed by atoms with E-state index in [-0.39, 0.29) is 12.6 Å². The summed E-state index contributed by atoms with van der Waals surface area (Å²) in [7, 11) is 0. The van der Waals surface area contributed by atoms with E-state index in [4.69, 9.17) is 15.3 Å². The molecule has 2 aromatic rings. The average molecular weight is 316 g/mol. The van der Waals surface area contributed by atoms with E-state index in [1.54, 1.807) is 18.2 Å². The summed E-state index contributed by atoms with van der Waals surface area (Å²) in [5.74, 6) is -0.249. The number of benzene rings is 2. The van der Waals surface area contributed by atoms with Gasteiger partial charge in [-0.05, 0) is 29.7 Å². The first-order valence-corrected chi connectivity index (χ1v) is 7.53. The fourth-order valence-electron chi connectivity index (χ4n) is 2.09. The molecule has 2 aromatic carbocycles. The summed E-state index contributed by atoms with van der Waals surface area (Å²) in [5, 5.41) is 17.9. The molecule has 0 heterocycles. The van der Waals surface area contributed by atoms with Crippen molar-refractivity contribution in [2.45, 2.75) is 19.4 Å². The van der Waals surface area contributed by atoms with Crippen LogP contribution < -0.4 is 0 Å². The molecule has 0 fully saturated rings. The molecule has 0 atom stereocenters. The molecule has 0 bridgehead atoms. The molecule has 0 aliphatic carbocycles.